The topological polar surface area (TPSA) is 53.3 Å². The van der Waals surface area contributed by atoms with Gasteiger partial charge in [0.15, 0.2) is 5.69 Å². The number of halogens is 3. The molecule has 5 nitrogen and oxygen atoms in total. The molecule has 0 N–H and O–H groups in total. The molecular formula is C22H21Cl3N2O3. The molecule has 0 saturated heterocycles. The van der Waals surface area contributed by atoms with Crippen LogP contribution < -0.4 is 0 Å². The van der Waals surface area contributed by atoms with Gasteiger partial charge in [0.25, 0.3) is 0 Å². The number of hydrogen-bond acceptors (Lipinski definition) is 4. The summed E-state index contributed by atoms with van der Waals surface area (Å²) in [4.78, 5) is 12.7. The summed E-state index contributed by atoms with van der Waals surface area (Å²) in [5.74, 6) is -0.529. The molecule has 0 radical (unpaired) electrons. The Morgan fingerprint density at radius 2 is 1.73 bits per heavy atom. The van der Waals surface area contributed by atoms with E-state index in [4.69, 9.17) is 44.3 Å². The fraction of sp³-hybridized carbons (Fsp3) is 0.273. The highest BCUT2D eigenvalue weighted by Crippen LogP contribution is 2.34. The summed E-state index contributed by atoms with van der Waals surface area (Å²) >= 11 is 18.6. The summed E-state index contributed by atoms with van der Waals surface area (Å²) in [7, 11) is 0. The summed E-state index contributed by atoms with van der Waals surface area (Å²) in [5.41, 5.74) is 2.83. The van der Waals surface area contributed by atoms with Gasteiger partial charge in [-0.15, -0.1) is 0 Å². The first-order valence-corrected chi connectivity index (χ1v) is 10.6. The molecule has 3 aromatic rings. The third-order valence-corrected chi connectivity index (χ3v) is 5.06. The van der Waals surface area contributed by atoms with E-state index in [1.54, 1.807) is 41.9 Å². The van der Waals surface area contributed by atoms with Crippen LogP contribution in [-0.2, 0) is 16.1 Å². The Kier molecular flexibility index (Phi) is 7.42. The largest absolute Gasteiger partial charge is 0.461 e. The molecule has 2 aromatic carbocycles. The van der Waals surface area contributed by atoms with Crippen LogP contribution >= 0.6 is 34.8 Å². The Morgan fingerprint density at radius 3 is 2.33 bits per heavy atom. The van der Waals surface area contributed by atoms with Crippen LogP contribution in [0.2, 0.25) is 15.1 Å². The van der Waals surface area contributed by atoms with Crippen LogP contribution in [-0.4, -0.2) is 28.5 Å². The summed E-state index contributed by atoms with van der Waals surface area (Å²) in [6, 6.07) is 12.3. The van der Waals surface area contributed by atoms with Crippen LogP contribution in [0.3, 0.4) is 0 Å². The molecule has 0 aliphatic carbocycles. The molecule has 0 amide bonds. The fourth-order valence-electron chi connectivity index (χ4n) is 2.93. The van der Waals surface area contributed by atoms with E-state index in [2.05, 4.69) is 5.10 Å². The summed E-state index contributed by atoms with van der Waals surface area (Å²) < 4.78 is 12.7. The summed E-state index contributed by atoms with van der Waals surface area (Å²) in [6.07, 6.45) is -0.0411. The van der Waals surface area contributed by atoms with Gasteiger partial charge >= 0.3 is 5.97 Å². The maximum absolute atomic E-state index is 12.7. The first-order valence-electron chi connectivity index (χ1n) is 9.43. The number of esters is 1. The molecule has 8 heteroatoms. The van der Waals surface area contributed by atoms with Crippen LogP contribution in [0.1, 0.15) is 36.8 Å². The van der Waals surface area contributed by atoms with Crippen LogP contribution in [0.5, 0.6) is 0 Å². The average Bonchev–Trinajstić information content (AvgIpc) is 3.06. The molecule has 0 unspecified atom stereocenters. The van der Waals surface area contributed by atoms with E-state index in [0.717, 1.165) is 5.56 Å². The number of carbonyl (C=O) groups is 1. The number of ether oxygens (including phenoxy) is 2. The lowest BCUT2D eigenvalue weighted by Crippen LogP contribution is -2.10. The van der Waals surface area contributed by atoms with Crippen molar-refractivity contribution in [3.05, 3.63) is 68.8 Å². The standard InChI is InChI=1S/C22H21Cl3N2O3/c1-4-29-22(28)20-17(12-30-13(2)3)21(14-5-7-15(23)8-6-14)27(26-20)19-10-9-16(24)11-18(19)25/h5-11,13H,4,12H2,1-3H3. The highest BCUT2D eigenvalue weighted by atomic mass is 35.5. The lowest BCUT2D eigenvalue weighted by Gasteiger charge is -2.13. The first-order chi connectivity index (χ1) is 14.3. The first kappa shape index (κ1) is 22.6. The molecule has 1 aromatic heterocycles. The zero-order valence-corrected chi connectivity index (χ0v) is 19.1. The molecule has 3 rings (SSSR count). The van der Waals surface area contributed by atoms with Crippen molar-refractivity contribution in [2.45, 2.75) is 33.5 Å². The van der Waals surface area contributed by atoms with Gasteiger partial charge in [-0.25, -0.2) is 9.48 Å². The van der Waals surface area contributed by atoms with Crippen LogP contribution in [0.4, 0.5) is 0 Å². The molecule has 0 atom stereocenters. The van der Waals surface area contributed by atoms with Crippen molar-refractivity contribution in [1.82, 2.24) is 9.78 Å². The number of benzene rings is 2. The molecular weight excluding hydrogens is 447 g/mol. The third kappa shape index (κ3) is 4.98. The van der Waals surface area contributed by atoms with Gasteiger partial charge in [0.2, 0.25) is 0 Å². The van der Waals surface area contributed by atoms with Crippen LogP contribution in [0, 0.1) is 0 Å². The van der Waals surface area contributed by atoms with Gasteiger partial charge in [-0.2, -0.15) is 5.10 Å². The van der Waals surface area contributed by atoms with Gasteiger partial charge in [-0.3, -0.25) is 0 Å². The van der Waals surface area contributed by atoms with Crippen molar-refractivity contribution in [3.63, 3.8) is 0 Å². The van der Waals surface area contributed by atoms with Crippen molar-refractivity contribution in [2.75, 3.05) is 6.61 Å². The quantitative estimate of drug-likeness (QED) is 0.367. The maximum Gasteiger partial charge on any atom is 0.359 e. The van der Waals surface area contributed by atoms with E-state index in [1.807, 2.05) is 26.0 Å². The minimum atomic E-state index is -0.529. The number of hydrogen-bond donors (Lipinski definition) is 0. The number of carbonyl (C=O) groups excluding carboxylic acids is 1. The van der Waals surface area contributed by atoms with Gasteiger partial charge < -0.3 is 9.47 Å². The SMILES string of the molecule is CCOC(=O)c1nn(-c2ccc(Cl)cc2Cl)c(-c2ccc(Cl)cc2)c1COC(C)C. The highest BCUT2D eigenvalue weighted by Gasteiger charge is 2.27. The van der Waals surface area contributed by atoms with E-state index in [9.17, 15) is 4.79 Å². The van der Waals surface area contributed by atoms with Crippen LogP contribution in [0.15, 0.2) is 42.5 Å². The smallest absolute Gasteiger partial charge is 0.359 e. The normalized spacial score (nSPS) is 11.2. The Hall–Kier alpha value is -2.05. The van der Waals surface area contributed by atoms with Gasteiger partial charge in [-0.05, 0) is 51.1 Å². The van der Waals surface area contributed by atoms with Crippen molar-refractivity contribution in [1.29, 1.82) is 0 Å². The second kappa shape index (κ2) is 9.84. The molecule has 0 aliphatic rings. The Morgan fingerprint density at radius 1 is 1.07 bits per heavy atom. The van der Waals surface area contributed by atoms with E-state index in [1.165, 1.54) is 0 Å². The number of aromatic nitrogens is 2. The zero-order valence-electron chi connectivity index (χ0n) is 16.8. The molecule has 0 saturated carbocycles. The van der Waals surface area contributed by atoms with Crippen molar-refractivity contribution in [2.24, 2.45) is 0 Å². The number of nitrogens with zero attached hydrogens (tertiary/aromatic N) is 2. The lowest BCUT2D eigenvalue weighted by molar-refractivity contribution is 0.0490. The van der Waals surface area contributed by atoms with Crippen molar-refractivity contribution < 1.29 is 14.3 Å². The summed E-state index contributed by atoms with van der Waals surface area (Å²) in [6.45, 7) is 6.00. The third-order valence-electron chi connectivity index (χ3n) is 4.27. The second-order valence-electron chi connectivity index (χ2n) is 6.77. The lowest BCUT2D eigenvalue weighted by atomic mass is 10.1. The molecule has 30 heavy (non-hydrogen) atoms. The minimum Gasteiger partial charge on any atom is -0.461 e. The fourth-order valence-corrected chi connectivity index (χ4v) is 3.55. The predicted octanol–water partition coefficient (Wildman–Crippen LogP) is 6.60. The van der Waals surface area contributed by atoms with Crippen molar-refractivity contribution >= 4 is 40.8 Å². The van der Waals surface area contributed by atoms with E-state index in [0.29, 0.717) is 32.0 Å². The Balaban J connectivity index is 2.29. The van der Waals surface area contributed by atoms with E-state index in [-0.39, 0.29) is 25.0 Å². The maximum atomic E-state index is 12.7. The van der Waals surface area contributed by atoms with Crippen LogP contribution in [0.25, 0.3) is 16.9 Å². The van der Waals surface area contributed by atoms with Gasteiger partial charge in [0.05, 0.1) is 35.7 Å². The van der Waals surface area contributed by atoms with Crippen molar-refractivity contribution in [3.8, 4) is 16.9 Å². The van der Waals surface area contributed by atoms with E-state index >= 15 is 0 Å². The van der Waals surface area contributed by atoms with Gasteiger partial charge in [0, 0.05) is 21.2 Å². The molecule has 0 spiro atoms. The minimum absolute atomic E-state index is 0.0411. The van der Waals surface area contributed by atoms with Gasteiger partial charge in [0.1, 0.15) is 0 Å². The zero-order chi connectivity index (χ0) is 21.8. The van der Waals surface area contributed by atoms with Gasteiger partial charge in [-0.1, -0.05) is 46.9 Å². The Bertz CT molecular complexity index is 1050. The molecule has 158 valence electrons. The molecule has 0 fully saturated rings. The monoisotopic (exact) mass is 466 g/mol. The summed E-state index contributed by atoms with van der Waals surface area (Å²) in [5, 5.41) is 6.06. The predicted molar refractivity (Wildman–Crippen MR) is 120 cm³/mol. The molecule has 0 bridgehead atoms. The second-order valence-corrected chi connectivity index (χ2v) is 8.05. The molecule has 0 aliphatic heterocycles. The average molecular weight is 468 g/mol. The Labute approximate surface area is 190 Å². The highest BCUT2D eigenvalue weighted by molar-refractivity contribution is 6.35. The van der Waals surface area contributed by atoms with E-state index < -0.39 is 5.97 Å². The molecule has 1 heterocycles. The number of rotatable bonds is 7.